The molecule has 1 aliphatic heterocycles. The molecule has 3 saturated carbocycles. The van der Waals surface area contributed by atoms with E-state index in [4.69, 9.17) is 9.47 Å². The summed E-state index contributed by atoms with van der Waals surface area (Å²) in [5.41, 5.74) is 2.24. The Bertz CT molecular complexity index is 702. The van der Waals surface area contributed by atoms with Crippen LogP contribution in [0.3, 0.4) is 0 Å². The molecule has 27 heavy (non-hydrogen) atoms. The van der Waals surface area contributed by atoms with Crippen molar-refractivity contribution in [2.75, 3.05) is 32.9 Å². The van der Waals surface area contributed by atoms with Gasteiger partial charge in [0.2, 0.25) is 0 Å². The summed E-state index contributed by atoms with van der Waals surface area (Å²) >= 11 is -5.24. The summed E-state index contributed by atoms with van der Waals surface area (Å²) < 4.78 is 50.5. The largest absolute Gasteiger partial charge is 0.377 e. The molecule has 4 aliphatic rings. The summed E-state index contributed by atoms with van der Waals surface area (Å²) in [6, 6.07) is 8.10. The van der Waals surface area contributed by atoms with Gasteiger partial charge in [-0.05, 0) is 42.7 Å². The maximum atomic E-state index is 13.0. The van der Waals surface area contributed by atoms with Crippen molar-refractivity contribution in [3.05, 3.63) is 35.4 Å². The van der Waals surface area contributed by atoms with Crippen LogP contribution in [0.15, 0.2) is 24.3 Å². The zero-order chi connectivity index (χ0) is 19.3. The second kappa shape index (κ2) is 6.76. The average Bonchev–Trinajstić information content (AvgIpc) is 2.64. The highest BCUT2D eigenvalue weighted by molar-refractivity contribution is 8.18. The fourth-order valence-electron chi connectivity index (χ4n) is 4.73. The molecule has 3 aliphatic carbocycles. The molecular formula is C19H24F3NO3S. The second-order valence-electron chi connectivity index (χ2n) is 8.01. The van der Waals surface area contributed by atoms with Crippen molar-refractivity contribution in [3.8, 4) is 0 Å². The average molecular weight is 403 g/mol. The quantitative estimate of drug-likeness (QED) is 0.744. The molecule has 4 nitrogen and oxygen atoms in total. The number of benzene rings is 1. The van der Waals surface area contributed by atoms with Crippen LogP contribution in [0, 0.1) is 5.41 Å². The van der Waals surface area contributed by atoms with Crippen LogP contribution in [-0.2, 0) is 19.7 Å². The van der Waals surface area contributed by atoms with Crippen LogP contribution in [0.25, 0.3) is 0 Å². The topological polar surface area (TPSA) is 38.8 Å². The lowest BCUT2D eigenvalue weighted by Gasteiger charge is -2.70. The summed E-state index contributed by atoms with van der Waals surface area (Å²) in [7, 11) is 0. The van der Waals surface area contributed by atoms with Crippen molar-refractivity contribution < 1.29 is 25.9 Å². The van der Waals surface area contributed by atoms with Crippen molar-refractivity contribution >= 4 is 17.2 Å². The Morgan fingerprint density at radius 1 is 1.11 bits per heavy atom. The third-order valence-corrected chi connectivity index (χ3v) is 7.33. The van der Waals surface area contributed by atoms with E-state index in [1.54, 1.807) is 6.92 Å². The number of nitrogens with zero attached hydrogens (tertiary/aromatic N) is 1. The SMILES string of the molecule is CC(=O)C12CC(c3ccc(C4COCCN(S(F)(F)F)CCO4)cc3)(C1)C2. The van der Waals surface area contributed by atoms with E-state index in [9.17, 15) is 16.5 Å². The number of ether oxygens (including phenoxy) is 2. The van der Waals surface area contributed by atoms with Crippen LogP contribution in [0.5, 0.6) is 0 Å². The Kier molecular flexibility index (Phi) is 4.81. The number of rotatable bonds is 4. The van der Waals surface area contributed by atoms with Crippen molar-refractivity contribution in [2.24, 2.45) is 5.41 Å². The van der Waals surface area contributed by atoms with Crippen molar-refractivity contribution in [3.63, 3.8) is 0 Å². The molecular weight excluding hydrogens is 379 g/mol. The minimum atomic E-state index is -5.24. The summed E-state index contributed by atoms with van der Waals surface area (Å²) in [5, 5.41) is 0. The van der Waals surface area contributed by atoms with Gasteiger partial charge in [-0.25, -0.2) is 0 Å². The van der Waals surface area contributed by atoms with Crippen molar-refractivity contribution in [1.82, 2.24) is 4.31 Å². The highest BCUT2D eigenvalue weighted by Crippen LogP contribution is 2.73. The number of hydrogen-bond acceptors (Lipinski definition) is 4. The molecule has 1 aromatic carbocycles. The lowest BCUT2D eigenvalue weighted by atomic mass is 9.32. The van der Waals surface area contributed by atoms with Gasteiger partial charge in [-0.2, -0.15) is 4.31 Å². The lowest BCUT2D eigenvalue weighted by Crippen LogP contribution is -2.67. The molecule has 1 saturated heterocycles. The Hall–Kier alpha value is -1.09. The first-order valence-electron chi connectivity index (χ1n) is 9.22. The molecule has 2 bridgehead atoms. The van der Waals surface area contributed by atoms with E-state index in [2.05, 4.69) is 12.1 Å². The molecule has 1 heterocycles. The number of halogens is 3. The van der Waals surface area contributed by atoms with Crippen molar-refractivity contribution in [2.45, 2.75) is 37.7 Å². The van der Waals surface area contributed by atoms with Crippen LogP contribution in [0.1, 0.15) is 43.4 Å². The van der Waals surface area contributed by atoms with Gasteiger partial charge in [0.15, 0.2) is 0 Å². The standard InChI is InChI=1S/C19H24F3NO3S/c1-14(24)18-11-19(12-18,13-18)16-4-2-15(3-5-16)17-10-25-8-6-23(7-9-26-17)27(20,21)22/h2-5,17H,6-13H2,1H3. The Morgan fingerprint density at radius 2 is 1.74 bits per heavy atom. The first kappa shape index (κ1) is 19.2. The van der Waals surface area contributed by atoms with E-state index >= 15 is 0 Å². The lowest BCUT2D eigenvalue weighted by molar-refractivity contribution is -0.171. The van der Waals surface area contributed by atoms with Crippen LogP contribution in [0.2, 0.25) is 0 Å². The van der Waals surface area contributed by atoms with E-state index in [-0.39, 0.29) is 49.8 Å². The Balaban J connectivity index is 1.39. The minimum absolute atomic E-state index is 0.0212. The van der Waals surface area contributed by atoms with Gasteiger partial charge in [0.25, 0.3) is 11.4 Å². The molecule has 0 aromatic heterocycles. The van der Waals surface area contributed by atoms with E-state index < -0.39 is 11.4 Å². The molecule has 0 radical (unpaired) electrons. The molecule has 4 fully saturated rings. The number of Topliss-reactive ketones (excluding diaryl/α,β-unsaturated/α-hetero) is 1. The third kappa shape index (κ3) is 3.41. The molecule has 0 amide bonds. The van der Waals surface area contributed by atoms with Gasteiger partial charge in [0, 0.05) is 18.5 Å². The zero-order valence-electron chi connectivity index (χ0n) is 15.3. The second-order valence-corrected chi connectivity index (χ2v) is 9.29. The molecule has 5 rings (SSSR count). The number of carbonyl (C=O) groups is 1. The zero-order valence-corrected chi connectivity index (χ0v) is 16.1. The normalized spacial score (nSPS) is 35.2. The fourth-order valence-corrected chi connectivity index (χ4v) is 5.29. The summed E-state index contributed by atoms with van der Waals surface area (Å²) in [6.07, 6.45) is 2.45. The number of hydrogen-bond donors (Lipinski definition) is 0. The highest BCUT2D eigenvalue weighted by Gasteiger charge is 2.70. The third-order valence-electron chi connectivity index (χ3n) is 6.38. The summed E-state index contributed by atoms with van der Waals surface area (Å²) in [4.78, 5) is 11.7. The molecule has 0 N–H and O–H groups in total. The molecule has 150 valence electrons. The van der Waals surface area contributed by atoms with Crippen LogP contribution in [0.4, 0.5) is 11.7 Å². The van der Waals surface area contributed by atoms with Gasteiger partial charge < -0.3 is 9.47 Å². The maximum absolute atomic E-state index is 13.0. The van der Waals surface area contributed by atoms with E-state index in [0.717, 1.165) is 24.8 Å². The minimum Gasteiger partial charge on any atom is -0.377 e. The van der Waals surface area contributed by atoms with Gasteiger partial charge in [-0.3, -0.25) is 4.79 Å². The van der Waals surface area contributed by atoms with Crippen molar-refractivity contribution in [1.29, 1.82) is 0 Å². The van der Waals surface area contributed by atoms with E-state index in [1.807, 2.05) is 12.1 Å². The Labute approximate surface area is 159 Å². The van der Waals surface area contributed by atoms with Gasteiger partial charge in [0.05, 0.1) is 19.8 Å². The molecule has 1 aromatic rings. The number of carbonyl (C=O) groups excluding carboxylic acids is 1. The predicted molar refractivity (Wildman–Crippen MR) is 97.1 cm³/mol. The maximum Gasteiger partial charge on any atom is 0.278 e. The fraction of sp³-hybridized carbons (Fsp3) is 0.632. The molecule has 0 spiro atoms. The summed E-state index contributed by atoms with van der Waals surface area (Å²) in [6.45, 7) is 1.69. The van der Waals surface area contributed by atoms with Gasteiger partial charge in [-0.1, -0.05) is 24.3 Å². The van der Waals surface area contributed by atoms with E-state index in [0.29, 0.717) is 10.1 Å². The first-order chi connectivity index (χ1) is 12.7. The van der Waals surface area contributed by atoms with Gasteiger partial charge in [-0.15, -0.1) is 11.7 Å². The Morgan fingerprint density at radius 3 is 2.33 bits per heavy atom. The molecule has 8 heteroatoms. The van der Waals surface area contributed by atoms with Gasteiger partial charge in [0.1, 0.15) is 11.9 Å². The molecule has 1 atom stereocenters. The smallest absolute Gasteiger partial charge is 0.278 e. The number of ketones is 1. The highest BCUT2D eigenvalue weighted by atomic mass is 32.3. The van der Waals surface area contributed by atoms with Crippen LogP contribution >= 0.6 is 11.4 Å². The monoisotopic (exact) mass is 403 g/mol. The summed E-state index contributed by atoms with van der Waals surface area (Å²) in [5.74, 6) is 0.298. The molecule has 1 unspecified atom stereocenters. The van der Waals surface area contributed by atoms with E-state index in [1.165, 1.54) is 5.56 Å². The predicted octanol–water partition coefficient (Wildman–Crippen LogP) is 4.46. The van der Waals surface area contributed by atoms with Gasteiger partial charge >= 0.3 is 0 Å². The first-order valence-corrected chi connectivity index (χ1v) is 10.5. The van der Waals surface area contributed by atoms with Crippen LogP contribution in [-0.4, -0.2) is 43.0 Å². The van der Waals surface area contributed by atoms with Crippen LogP contribution < -0.4 is 0 Å².